The van der Waals surface area contributed by atoms with Crippen LogP contribution in [0.1, 0.15) is 18.7 Å². The van der Waals surface area contributed by atoms with Gasteiger partial charge in [-0.15, -0.1) is 0 Å². The largest absolute Gasteiger partial charge is 0.490 e. The second kappa shape index (κ2) is 13.7. The number of alkyl halides is 6. The topological polar surface area (TPSA) is 121 Å². The number of hydrogen-bond acceptors (Lipinski definition) is 7. The summed E-state index contributed by atoms with van der Waals surface area (Å²) in [6.45, 7) is 5.61. The van der Waals surface area contributed by atoms with Crippen LogP contribution in [0.5, 0.6) is 0 Å². The van der Waals surface area contributed by atoms with Crippen LogP contribution in [0.25, 0.3) is 0 Å². The highest BCUT2D eigenvalue weighted by molar-refractivity contribution is 5.73. The summed E-state index contributed by atoms with van der Waals surface area (Å²) < 4.78 is 85.8. The molecule has 0 aromatic carbocycles. The Balaban J connectivity index is 0.000000333. The van der Waals surface area contributed by atoms with Crippen LogP contribution in [0.3, 0.4) is 0 Å². The number of imidazole rings is 1. The van der Waals surface area contributed by atoms with Gasteiger partial charge in [0.1, 0.15) is 5.82 Å². The smallest absolute Gasteiger partial charge is 0.475 e. The summed E-state index contributed by atoms with van der Waals surface area (Å²) in [6, 6.07) is 3.12. The third-order valence-electron chi connectivity index (χ3n) is 5.99. The first-order valence-corrected chi connectivity index (χ1v) is 11.8. The molecule has 10 nitrogen and oxygen atoms in total. The fraction of sp³-hybridized carbons (Fsp3) is 0.565. The predicted molar refractivity (Wildman–Crippen MR) is 125 cm³/mol. The molecular formula is C23H28F7N5O5. The van der Waals surface area contributed by atoms with Gasteiger partial charge in [0.2, 0.25) is 0 Å². The first-order chi connectivity index (χ1) is 18.5. The van der Waals surface area contributed by atoms with Gasteiger partial charge in [0.05, 0.1) is 19.8 Å². The lowest BCUT2D eigenvalue weighted by Gasteiger charge is -2.43. The highest BCUT2D eigenvalue weighted by Gasteiger charge is 2.40. The molecule has 0 saturated carbocycles. The average Bonchev–Trinajstić information content (AvgIpc) is 3.14. The van der Waals surface area contributed by atoms with E-state index in [2.05, 4.69) is 24.3 Å². The Labute approximate surface area is 224 Å². The number of halogens is 7. The number of aryl methyl sites for hydroxylation is 1. The van der Waals surface area contributed by atoms with Crippen molar-refractivity contribution in [3.63, 3.8) is 0 Å². The monoisotopic (exact) mass is 587 g/mol. The highest BCUT2D eigenvalue weighted by Crippen LogP contribution is 2.35. The number of likely N-dealkylation sites (tertiary alicyclic amines) is 1. The summed E-state index contributed by atoms with van der Waals surface area (Å²) in [5.41, 5.74) is 0.00384. The van der Waals surface area contributed by atoms with E-state index in [1.807, 2.05) is 19.4 Å². The van der Waals surface area contributed by atoms with Gasteiger partial charge in [-0.3, -0.25) is 4.90 Å². The van der Waals surface area contributed by atoms with Crippen molar-refractivity contribution in [2.24, 2.45) is 12.5 Å². The third-order valence-corrected chi connectivity index (χ3v) is 5.99. The van der Waals surface area contributed by atoms with Gasteiger partial charge >= 0.3 is 24.3 Å². The normalized spacial score (nSPS) is 20.1. The van der Waals surface area contributed by atoms with Crippen LogP contribution in [-0.2, 0) is 27.9 Å². The van der Waals surface area contributed by atoms with E-state index in [0.29, 0.717) is 19.0 Å². The van der Waals surface area contributed by atoms with Gasteiger partial charge in [0, 0.05) is 50.7 Å². The van der Waals surface area contributed by atoms with Gasteiger partial charge < -0.3 is 24.4 Å². The van der Waals surface area contributed by atoms with Gasteiger partial charge in [0.15, 0.2) is 11.6 Å². The van der Waals surface area contributed by atoms with E-state index >= 15 is 0 Å². The number of rotatable bonds is 3. The lowest BCUT2D eigenvalue weighted by molar-refractivity contribution is -0.193. The fourth-order valence-electron chi connectivity index (χ4n) is 4.22. The molecule has 4 rings (SSSR count). The first-order valence-electron chi connectivity index (χ1n) is 11.8. The number of piperidine rings is 1. The van der Waals surface area contributed by atoms with E-state index in [1.54, 1.807) is 12.3 Å². The second-order valence-corrected chi connectivity index (χ2v) is 9.16. The number of nitrogens with zero attached hydrogens (tertiary/aromatic N) is 5. The number of ether oxygens (including phenoxy) is 1. The van der Waals surface area contributed by atoms with Crippen molar-refractivity contribution in [1.29, 1.82) is 0 Å². The van der Waals surface area contributed by atoms with Crippen molar-refractivity contribution in [2.45, 2.75) is 31.7 Å². The molecule has 0 radical (unpaired) electrons. The van der Waals surface area contributed by atoms with Crippen molar-refractivity contribution >= 4 is 17.8 Å². The van der Waals surface area contributed by atoms with Crippen LogP contribution in [0, 0.1) is 11.2 Å². The predicted octanol–water partition coefficient (Wildman–Crippen LogP) is 3.34. The van der Waals surface area contributed by atoms with Crippen LogP contribution in [0.15, 0.2) is 30.7 Å². The summed E-state index contributed by atoms with van der Waals surface area (Å²) in [4.78, 5) is 31.0. The highest BCUT2D eigenvalue weighted by atomic mass is 19.4. The maximum Gasteiger partial charge on any atom is 0.490 e. The second-order valence-electron chi connectivity index (χ2n) is 9.16. The van der Waals surface area contributed by atoms with E-state index < -0.39 is 24.3 Å². The number of carbonyl (C=O) groups is 2. The minimum absolute atomic E-state index is 0.00384. The maximum absolute atomic E-state index is 14.3. The van der Waals surface area contributed by atoms with Crippen LogP contribution in [0.4, 0.5) is 36.6 Å². The van der Waals surface area contributed by atoms with E-state index in [9.17, 15) is 30.7 Å². The third kappa shape index (κ3) is 9.93. The molecule has 17 heteroatoms. The Morgan fingerprint density at radius 3 is 2.17 bits per heavy atom. The molecule has 2 aromatic heterocycles. The Morgan fingerprint density at radius 1 is 1.02 bits per heavy atom. The quantitative estimate of drug-likeness (QED) is 0.521. The zero-order valence-corrected chi connectivity index (χ0v) is 21.3. The van der Waals surface area contributed by atoms with Gasteiger partial charge in [0.25, 0.3) is 0 Å². The van der Waals surface area contributed by atoms with Crippen LogP contribution in [0.2, 0.25) is 0 Å². The molecule has 4 heterocycles. The minimum Gasteiger partial charge on any atom is -0.475 e. The van der Waals surface area contributed by atoms with Gasteiger partial charge in [-0.05, 0) is 31.5 Å². The number of anilines is 1. The number of carboxylic acid groups (broad SMARTS) is 2. The lowest BCUT2D eigenvalue weighted by atomic mass is 9.80. The Kier molecular flexibility index (Phi) is 11.2. The summed E-state index contributed by atoms with van der Waals surface area (Å²) in [5.74, 6) is -4.26. The van der Waals surface area contributed by atoms with Crippen molar-refractivity contribution < 1.29 is 55.3 Å². The Bertz CT molecular complexity index is 1100. The number of pyridine rings is 1. The fourth-order valence-corrected chi connectivity index (χ4v) is 4.22. The molecule has 2 aliphatic heterocycles. The van der Waals surface area contributed by atoms with E-state index in [-0.39, 0.29) is 11.2 Å². The molecule has 1 spiro atoms. The zero-order chi connectivity index (χ0) is 30.1. The SMILES string of the molecule is Cn1ccnc1CN1CCCC2(COCCN(c3ncccc3F)C2)C1.O=C(O)C(F)(F)F.O=C(O)C(F)(F)F. The van der Waals surface area contributed by atoms with Gasteiger partial charge in [-0.1, -0.05) is 0 Å². The molecule has 2 N–H and O–H groups in total. The summed E-state index contributed by atoms with van der Waals surface area (Å²) in [6.07, 6.45) is -2.47. The van der Waals surface area contributed by atoms with Crippen LogP contribution < -0.4 is 4.90 Å². The number of aromatic nitrogens is 3. The first kappa shape index (κ1) is 32.7. The number of carboxylic acids is 2. The average molecular weight is 587 g/mol. The van der Waals surface area contributed by atoms with E-state index in [1.165, 1.54) is 6.07 Å². The molecule has 1 atom stereocenters. The van der Waals surface area contributed by atoms with Crippen LogP contribution in [-0.4, -0.2) is 93.3 Å². The molecule has 40 heavy (non-hydrogen) atoms. The maximum atomic E-state index is 14.3. The standard InChI is InChI=1S/C19H26FN5O.2C2HF3O2/c1-23-9-7-21-17(23)12-24-8-3-5-19(13-24)14-25(10-11-26-15-19)18-16(20)4-2-6-22-18;2*3-2(4,5)1(6)7/h2,4,6-7,9H,3,5,8,10-15H2,1H3;2*(H,6,7). The van der Waals surface area contributed by atoms with E-state index in [0.717, 1.165) is 51.5 Å². The van der Waals surface area contributed by atoms with Crippen molar-refractivity contribution in [3.8, 4) is 0 Å². The molecule has 224 valence electrons. The van der Waals surface area contributed by atoms with Crippen LogP contribution >= 0.6 is 0 Å². The van der Waals surface area contributed by atoms with Crippen molar-refractivity contribution in [2.75, 3.05) is 44.3 Å². The Morgan fingerprint density at radius 2 is 1.65 bits per heavy atom. The Hall–Kier alpha value is -3.47. The lowest BCUT2D eigenvalue weighted by Crippen LogP contribution is -2.50. The van der Waals surface area contributed by atoms with Crippen molar-refractivity contribution in [3.05, 3.63) is 42.4 Å². The molecule has 0 amide bonds. The summed E-state index contributed by atoms with van der Waals surface area (Å²) in [7, 11) is 2.03. The summed E-state index contributed by atoms with van der Waals surface area (Å²) in [5, 5.41) is 14.2. The van der Waals surface area contributed by atoms with Gasteiger partial charge in [-0.2, -0.15) is 26.3 Å². The number of aliphatic carboxylic acids is 2. The molecule has 2 saturated heterocycles. The van der Waals surface area contributed by atoms with Gasteiger partial charge in [-0.25, -0.2) is 23.9 Å². The molecule has 0 aliphatic carbocycles. The summed E-state index contributed by atoms with van der Waals surface area (Å²) >= 11 is 0. The molecule has 2 aromatic rings. The molecule has 2 aliphatic rings. The van der Waals surface area contributed by atoms with E-state index in [4.69, 9.17) is 24.5 Å². The minimum atomic E-state index is -5.08. The molecule has 0 bridgehead atoms. The van der Waals surface area contributed by atoms with Crippen molar-refractivity contribution in [1.82, 2.24) is 19.4 Å². The molecule has 1 unspecified atom stereocenters. The molecular weight excluding hydrogens is 559 g/mol. The molecule has 2 fully saturated rings. The number of hydrogen-bond donors (Lipinski definition) is 2. The zero-order valence-electron chi connectivity index (χ0n) is 21.3.